The molecule has 0 saturated carbocycles. The molecule has 0 amide bonds. The minimum atomic E-state index is -0.393. The quantitative estimate of drug-likeness (QED) is 0.261. The van der Waals surface area contributed by atoms with E-state index in [1.807, 2.05) is 54.6 Å². The van der Waals surface area contributed by atoms with Crippen LogP contribution in [0.2, 0.25) is 0 Å². The Bertz CT molecular complexity index is 489. The van der Waals surface area contributed by atoms with Crippen molar-refractivity contribution in [3.8, 4) is 0 Å². The first-order valence-corrected chi connectivity index (χ1v) is 5.32. The molecule has 19 heavy (non-hydrogen) atoms. The Morgan fingerprint density at radius 2 is 1.68 bits per heavy atom. The Hall–Kier alpha value is -2.16. The molecule has 0 aromatic heterocycles. The summed E-state index contributed by atoms with van der Waals surface area (Å²) in [5.74, 6) is 0. The van der Waals surface area contributed by atoms with Crippen molar-refractivity contribution in [2.45, 2.75) is 6.04 Å². The standard InChI is InChI=1S/C7H7N6.C5H5.Fe/c8-12-10-5-7(11-13-9)6-3-1-2-4-6;1-2-4-5-3-1;/h1-4,7H,5H2;1-5H;/q2*-1;+2. The minimum absolute atomic E-state index is 0. The van der Waals surface area contributed by atoms with Crippen LogP contribution in [-0.2, 0) is 17.1 Å². The molecule has 1 unspecified atom stereocenters. The van der Waals surface area contributed by atoms with Gasteiger partial charge in [-0.1, -0.05) is 10.2 Å². The zero-order valence-electron chi connectivity index (χ0n) is 10.0. The van der Waals surface area contributed by atoms with Crippen LogP contribution < -0.4 is 0 Å². The molecule has 0 aliphatic carbocycles. The Morgan fingerprint density at radius 1 is 1.05 bits per heavy atom. The van der Waals surface area contributed by atoms with E-state index in [4.69, 9.17) is 11.1 Å². The average molecular weight is 296 g/mol. The van der Waals surface area contributed by atoms with Gasteiger partial charge in [0.15, 0.2) is 0 Å². The fourth-order valence-electron chi connectivity index (χ4n) is 1.32. The van der Waals surface area contributed by atoms with Gasteiger partial charge < -0.3 is 0 Å². The van der Waals surface area contributed by atoms with Crippen LogP contribution in [0.4, 0.5) is 0 Å². The Balaban J connectivity index is 0.000000454. The van der Waals surface area contributed by atoms with E-state index in [2.05, 4.69) is 20.1 Å². The van der Waals surface area contributed by atoms with E-state index in [9.17, 15) is 0 Å². The van der Waals surface area contributed by atoms with Gasteiger partial charge in [-0.15, -0.1) is 5.56 Å². The third kappa shape index (κ3) is 6.99. The number of hydrogen-bond acceptors (Lipinski definition) is 2. The van der Waals surface area contributed by atoms with E-state index in [1.165, 1.54) is 0 Å². The maximum Gasteiger partial charge on any atom is 2.00 e. The normalized spacial score (nSPS) is 9.68. The van der Waals surface area contributed by atoms with Gasteiger partial charge in [-0.25, -0.2) is 24.3 Å². The van der Waals surface area contributed by atoms with Crippen molar-refractivity contribution in [1.82, 2.24) is 0 Å². The van der Waals surface area contributed by atoms with Crippen molar-refractivity contribution >= 4 is 0 Å². The predicted octanol–water partition coefficient (Wildman–Crippen LogP) is 4.47. The van der Waals surface area contributed by atoms with Crippen molar-refractivity contribution < 1.29 is 17.1 Å². The molecule has 6 nitrogen and oxygen atoms in total. The van der Waals surface area contributed by atoms with Gasteiger partial charge in [0.05, 0.1) is 0 Å². The number of hydrogen-bond donors (Lipinski definition) is 0. The van der Waals surface area contributed by atoms with E-state index in [0.29, 0.717) is 0 Å². The summed E-state index contributed by atoms with van der Waals surface area (Å²) in [7, 11) is 0. The second kappa shape index (κ2) is 11.0. The summed E-state index contributed by atoms with van der Waals surface area (Å²) in [6.45, 7) is 0.157. The monoisotopic (exact) mass is 296 g/mol. The Morgan fingerprint density at radius 3 is 2.11 bits per heavy atom. The number of nitrogens with zero attached hydrogens (tertiary/aromatic N) is 6. The maximum atomic E-state index is 8.26. The minimum Gasteiger partial charge on any atom is -0.214 e. The summed E-state index contributed by atoms with van der Waals surface area (Å²) in [5, 5.41) is 6.88. The van der Waals surface area contributed by atoms with Gasteiger partial charge in [-0.05, 0) is 11.1 Å². The topological polar surface area (TPSA) is 97.5 Å². The van der Waals surface area contributed by atoms with Crippen LogP contribution in [0.15, 0.2) is 64.8 Å². The van der Waals surface area contributed by atoms with Gasteiger partial charge in [0, 0.05) is 22.4 Å². The molecular weight excluding hydrogens is 284 g/mol. The van der Waals surface area contributed by atoms with Crippen molar-refractivity contribution in [3.05, 3.63) is 81.0 Å². The molecule has 0 heterocycles. The first-order chi connectivity index (χ1) is 8.88. The smallest absolute Gasteiger partial charge is 0.214 e. The van der Waals surface area contributed by atoms with E-state index < -0.39 is 6.04 Å². The second-order valence-corrected chi connectivity index (χ2v) is 3.31. The van der Waals surface area contributed by atoms with Crippen LogP contribution in [0.3, 0.4) is 0 Å². The van der Waals surface area contributed by atoms with Crippen LogP contribution in [0, 0.1) is 0 Å². The molecule has 0 saturated heterocycles. The molecule has 98 valence electrons. The molecule has 7 heteroatoms. The number of rotatable bonds is 4. The average Bonchev–Trinajstić information content (AvgIpc) is 3.08. The second-order valence-electron chi connectivity index (χ2n) is 3.31. The van der Waals surface area contributed by atoms with Gasteiger partial charge in [0.2, 0.25) is 0 Å². The molecule has 0 fully saturated rings. The molecule has 2 aromatic rings. The van der Waals surface area contributed by atoms with Gasteiger partial charge in [-0.2, -0.15) is 30.3 Å². The van der Waals surface area contributed by atoms with Crippen LogP contribution in [0.5, 0.6) is 0 Å². The molecule has 0 bridgehead atoms. The van der Waals surface area contributed by atoms with E-state index >= 15 is 0 Å². The molecule has 0 spiro atoms. The van der Waals surface area contributed by atoms with Gasteiger partial charge in [-0.3, -0.25) is 0 Å². The largest absolute Gasteiger partial charge is 2.00 e. The Kier molecular flexibility index (Phi) is 9.71. The first kappa shape index (κ1) is 16.8. The van der Waals surface area contributed by atoms with Gasteiger partial charge >= 0.3 is 17.1 Å². The van der Waals surface area contributed by atoms with E-state index in [-0.39, 0.29) is 23.6 Å². The summed E-state index contributed by atoms with van der Waals surface area (Å²) < 4.78 is 0. The molecule has 0 N–H and O–H groups in total. The molecule has 2 rings (SSSR count). The van der Waals surface area contributed by atoms with Gasteiger partial charge in [0.25, 0.3) is 0 Å². The third-order valence-corrected chi connectivity index (χ3v) is 2.14. The fourth-order valence-corrected chi connectivity index (χ4v) is 1.32. The van der Waals surface area contributed by atoms with Crippen molar-refractivity contribution in [2.75, 3.05) is 6.54 Å². The molecule has 1 atom stereocenters. The molecule has 2 aromatic carbocycles. The predicted molar refractivity (Wildman–Crippen MR) is 70.0 cm³/mol. The van der Waals surface area contributed by atoms with Crippen LogP contribution >= 0.6 is 0 Å². The summed E-state index contributed by atoms with van der Waals surface area (Å²) in [6, 6.07) is 16.9. The van der Waals surface area contributed by atoms with Crippen molar-refractivity contribution in [1.29, 1.82) is 0 Å². The molecular formula is C12H12FeN6. The van der Waals surface area contributed by atoms with Crippen LogP contribution in [-0.4, -0.2) is 6.54 Å². The molecule has 0 aliphatic rings. The van der Waals surface area contributed by atoms with Crippen LogP contribution in [0.1, 0.15) is 11.6 Å². The van der Waals surface area contributed by atoms with E-state index in [0.717, 1.165) is 5.56 Å². The summed E-state index contributed by atoms with van der Waals surface area (Å²) >= 11 is 0. The summed E-state index contributed by atoms with van der Waals surface area (Å²) in [6.07, 6.45) is 0. The van der Waals surface area contributed by atoms with Gasteiger partial charge in [0.1, 0.15) is 0 Å². The molecule has 0 aliphatic heterocycles. The Labute approximate surface area is 121 Å². The van der Waals surface area contributed by atoms with E-state index in [1.54, 1.807) is 0 Å². The summed E-state index contributed by atoms with van der Waals surface area (Å²) in [5.41, 5.74) is 17.2. The number of azide groups is 2. The fraction of sp³-hybridized carbons (Fsp3) is 0.167. The van der Waals surface area contributed by atoms with Crippen molar-refractivity contribution in [2.24, 2.45) is 10.2 Å². The molecule has 0 radical (unpaired) electrons. The first-order valence-electron chi connectivity index (χ1n) is 5.32. The SMILES string of the molecule is [Fe+2].[N-]=[N+]=NCC(N=[N+]=[N-])[c-]1cccc1.c1cc[cH-]c1. The van der Waals surface area contributed by atoms with Crippen LogP contribution in [0.25, 0.3) is 20.9 Å². The van der Waals surface area contributed by atoms with Crippen molar-refractivity contribution in [3.63, 3.8) is 0 Å². The third-order valence-electron chi connectivity index (χ3n) is 2.14. The maximum absolute atomic E-state index is 8.26. The zero-order valence-corrected chi connectivity index (χ0v) is 11.1. The summed E-state index contributed by atoms with van der Waals surface area (Å²) in [4.78, 5) is 5.30. The zero-order chi connectivity index (χ0) is 13.1.